The summed E-state index contributed by atoms with van der Waals surface area (Å²) in [5.74, 6) is 0.0956. The molecule has 1 unspecified atom stereocenters. The van der Waals surface area contributed by atoms with Crippen LogP contribution in [-0.2, 0) is 0 Å². The molecule has 1 atom stereocenters. The lowest BCUT2D eigenvalue weighted by molar-refractivity contribution is 0.0542. The quantitative estimate of drug-likeness (QED) is 0.891. The number of carbonyl (C=O) groups is 1. The lowest BCUT2D eigenvalue weighted by Crippen LogP contribution is -2.53. The van der Waals surface area contributed by atoms with E-state index in [9.17, 15) is 4.79 Å². The summed E-state index contributed by atoms with van der Waals surface area (Å²) in [5, 5.41) is 3.03. The Morgan fingerprint density at radius 3 is 3.00 bits per heavy atom. The van der Waals surface area contributed by atoms with Gasteiger partial charge in [0.2, 0.25) is 0 Å². The fourth-order valence-electron chi connectivity index (χ4n) is 2.52. The predicted octanol–water partition coefficient (Wildman–Crippen LogP) is 1.29. The van der Waals surface area contributed by atoms with E-state index in [1.54, 1.807) is 18.5 Å². The smallest absolute Gasteiger partial charge is 0.256 e. The second kappa shape index (κ2) is 6.02. The highest BCUT2D eigenvalue weighted by Crippen LogP contribution is 2.18. The van der Waals surface area contributed by atoms with Crippen molar-refractivity contribution >= 4 is 11.6 Å². The van der Waals surface area contributed by atoms with Gasteiger partial charge in [0.25, 0.3) is 5.91 Å². The van der Waals surface area contributed by atoms with Crippen LogP contribution in [0, 0.1) is 0 Å². The van der Waals surface area contributed by atoms with Gasteiger partial charge in [0.15, 0.2) is 0 Å². The number of piperazine rings is 1. The Bertz CT molecular complexity index is 449. The van der Waals surface area contributed by atoms with Crippen LogP contribution >= 0.6 is 0 Å². The number of nitrogens with one attached hydrogen (secondary N) is 1. The maximum Gasteiger partial charge on any atom is 0.256 e. The second-order valence-electron chi connectivity index (χ2n) is 4.97. The number of hydrogen-bond acceptors (Lipinski definition) is 4. The normalized spacial score (nSPS) is 20.4. The highest BCUT2D eigenvalue weighted by atomic mass is 16.2. The summed E-state index contributed by atoms with van der Waals surface area (Å²) in [4.78, 5) is 20.9. The number of pyridine rings is 1. The van der Waals surface area contributed by atoms with Crippen LogP contribution in [0.15, 0.2) is 18.5 Å². The van der Waals surface area contributed by atoms with Crippen molar-refractivity contribution in [3.8, 4) is 0 Å². The first-order chi connectivity index (χ1) is 9.17. The molecule has 0 spiro atoms. The van der Waals surface area contributed by atoms with Gasteiger partial charge in [-0.15, -0.1) is 0 Å². The molecule has 1 fully saturated rings. The number of nitrogens with zero attached hydrogens (tertiary/aromatic N) is 3. The molecule has 1 amide bonds. The van der Waals surface area contributed by atoms with Gasteiger partial charge in [-0.05, 0) is 19.5 Å². The third kappa shape index (κ3) is 2.87. The summed E-state index contributed by atoms with van der Waals surface area (Å²) in [6, 6.07) is 2.24. The zero-order valence-electron chi connectivity index (χ0n) is 11.9. The Morgan fingerprint density at radius 2 is 2.32 bits per heavy atom. The predicted molar refractivity (Wildman–Crippen MR) is 76.4 cm³/mol. The molecule has 1 aliphatic heterocycles. The van der Waals surface area contributed by atoms with Gasteiger partial charge in [0, 0.05) is 38.9 Å². The van der Waals surface area contributed by atoms with Crippen molar-refractivity contribution in [3.63, 3.8) is 0 Å². The fourth-order valence-corrected chi connectivity index (χ4v) is 2.52. The molecule has 0 saturated carbocycles. The Labute approximate surface area is 114 Å². The minimum Gasteiger partial charge on any atom is -0.386 e. The molecular formula is C14H22N4O. The molecule has 0 aromatic carbocycles. The summed E-state index contributed by atoms with van der Waals surface area (Å²) in [6.45, 7) is 4.69. The zero-order chi connectivity index (χ0) is 13.8. The van der Waals surface area contributed by atoms with E-state index in [1.165, 1.54) is 0 Å². The van der Waals surface area contributed by atoms with E-state index in [0.717, 1.165) is 31.7 Å². The van der Waals surface area contributed by atoms with E-state index in [1.807, 2.05) is 11.9 Å². The SMILES string of the molecule is CCC1CN(C(=O)c2ccncc2NC)CCN1C. The molecule has 2 rings (SSSR count). The number of carbonyl (C=O) groups excluding carboxylic acids is 1. The number of hydrogen-bond donors (Lipinski definition) is 1. The molecule has 5 nitrogen and oxygen atoms in total. The first-order valence-electron chi connectivity index (χ1n) is 6.78. The first kappa shape index (κ1) is 13.8. The minimum atomic E-state index is 0.0956. The average molecular weight is 262 g/mol. The fraction of sp³-hybridized carbons (Fsp3) is 0.571. The van der Waals surface area contributed by atoms with Gasteiger partial charge < -0.3 is 10.2 Å². The summed E-state index contributed by atoms with van der Waals surface area (Å²) in [6.07, 6.45) is 4.43. The van der Waals surface area contributed by atoms with Gasteiger partial charge in [-0.3, -0.25) is 14.7 Å². The maximum atomic E-state index is 12.6. The van der Waals surface area contributed by atoms with Gasteiger partial charge >= 0.3 is 0 Å². The molecule has 19 heavy (non-hydrogen) atoms. The van der Waals surface area contributed by atoms with Crippen molar-refractivity contribution in [2.24, 2.45) is 0 Å². The van der Waals surface area contributed by atoms with E-state index >= 15 is 0 Å². The molecule has 0 aliphatic carbocycles. The topological polar surface area (TPSA) is 48.5 Å². The molecule has 1 aliphatic rings. The van der Waals surface area contributed by atoms with Crippen LogP contribution < -0.4 is 5.32 Å². The molecule has 1 saturated heterocycles. The standard InChI is InChI=1S/C14H22N4O/c1-4-11-10-18(8-7-17(11)3)14(19)12-5-6-16-9-13(12)15-2/h5-6,9,11,15H,4,7-8,10H2,1-3H3. The van der Waals surface area contributed by atoms with Gasteiger partial charge in [-0.2, -0.15) is 0 Å². The Kier molecular flexibility index (Phi) is 4.37. The van der Waals surface area contributed by atoms with Crippen LogP contribution in [0.4, 0.5) is 5.69 Å². The molecule has 0 radical (unpaired) electrons. The molecule has 1 N–H and O–H groups in total. The van der Waals surface area contributed by atoms with E-state index in [0.29, 0.717) is 11.6 Å². The van der Waals surface area contributed by atoms with Crippen LogP contribution in [0.2, 0.25) is 0 Å². The molecule has 5 heteroatoms. The Morgan fingerprint density at radius 1 is 1.53 bits per heavy atom. The molecular weight excluding hydrogens is 240 g/mol. The second-order valence-corrected chi connectivity index (χ2v) is 4.97. The summed E-state index contributed by atoms with van der Waals surface area (Å²) >= 11 is 0. The maximum absolute atomic E-state index is 12.6. The van der Waals surface area contributed by atoms with E-state index in [-0.39, 0.29) is 5.91 Å². The lowest BCUT2D eigenvalue weighted by atomic mass is 10.1. The molecule has 1 aromatic heterocycles. The average Bonchev–Trinajstić information content (AvgIpc) is 2.47. The summed E-state index contributed by atoms with van der Waals surface area (Å²) < 4.78 is 0. The number of likely N-dealkylation sites (N-methyl/N-ethyl adjacent to an activating group) is 1. The molecule has 1 aromatic rings. The minimum absolute atomic E-state index is 0.0956. The number of rotatable bonds is 3. The van der Waals surface area contributed by atoms with E-state index in [4.69, 9.17) is 0 Å². The molecule has 0 bridgehead atoms. The van der Waals surface area contributed by atoms with Crippen molar-refractivity contribution in [2.75, 3.05) is 39.0 Å². The largest absolute Gasteiger partial charge is 0.386 e. The number of anilines is 1. The van der Waals surface area contributed by atoms with E-state index in [2.05, 4.69) is 29.2 Å². The van der Waals surface area contributed by atoms with Crippen molar-refractivity contribution < 1.29 is 4.79 Å². The number of aromatic nitrogens is 1. The van der Waals surface area contributed by atoms with Gasteiger partial charge in [-0.1, -0.05) is 6.92 Å². The highest BCUT2D eigenvalue weighted by molar-refractivity contribution is 5.99. The number of amides is 1. The van der Waals surface area contributed by atoms with Gasteiger partial charge in [-0.25, -0.2) is 0 Å². The Hall–Kier alpha value is -1.62. The molecule has 2 heterocycles. The van der Waals surface area contributed by atoms with Gasteiger partial charge in [0.1, 0.15) is 0 Å². The van der Waals surface area contributed by atoms with Crippen LogP contribution in [0.3, 0.4) is 0 Å². The van der Waals surface area contributed by atoms with Crippen LogP contribution in [-0.4, -0.2) is 60.5 Å². The third-order valence-electron chi connectivity index (χ3n) is 3.86. The van der Waals surface area contributed by atoms with E-state index < -0.39 is 0 Å². The molecule has 104 valence electrons. The monoisotopic (exact) mass is 262 g/mol. The van der Waals surface area contributed by atoms with Crippen molar-refractivity contribution in [3.05, 3.63) is 24.0 Å². The van der Waals surface area contributed by atoms with Crippen molar-refractivity contribution in [1.82, 2.24) is 14.8 Å². The van der Waals surface area contributed by atoms with Gasteiger partial charge in [0.05, 0.1) is 17.4 Å². The summed E-state index contributed by atoms with van der Waals surface area (Å²) in [5.41, 5.74) is 1.50. The van der Waals surface area contributed by atoms with Crippen molar-refractivity contribution in [2.45, 2.75) is 19.4 Å². The summed E-state index contributed by atoms with van der Waals surface area (Å²) in [7, 11) is 3.94. The third-order valence-corrected chi connectivity index (χ3v) is 3.86. The zero-order valence-corrected chi connectivity index (χ0v) is 11.9. The first-order valence-corrected chi connectivity index (χ1v) is 6.78. The van der Waals surface area contributed by atoms with Crippen molar-refractivity contribution in [1.29, 1.82) is 0 Å². The van der Waals surface area contributed by atoms with Crippen LogP contribution in [0.25, 0.3) is 0 Å². The highest BCUT2D eigenvalue weighted by Gasteiger charge is 2.27. The van der Waals surface area contributed by atoms with Crippen LogP contribution in [0.1, 0.15) is 23.7 Å². The Balaban J connectivity index is 2.15. The van der Waals surface area contributed by atoms with Crippen LogP contribution in [0.5, 0.6) is 0 Å². The lowest BCUT2D eigenvalue weighted by Gasteiger charge is -2.39.